The number of hydrogen-bond donors (Lipinski definition) is 2. The molecule has 7 nitrogen and oxygen atoms in total. The highest BCUT2D eigenvalue weighted by molar-refractivity contribution is 5.79. The van der Waals surface area contributed by atoms with Gasteiger partial charge in [-0.1, -0.05) is 12.1 Å². The van der Waals surface area contributed by atoms with Crippen LogP contribution in [0.2, 0.25) is 0 Å². The van der Waals surface area contributed by atoms with E-state index < -0.39 is 5.60 Å². The Bertz CT molecular complexity index is 787. The Hall–Kier alpha value is -2.57. The fraction of sp³-hybridized carbons (Fsp3) is 0.526. The third kappa shape index (κ3) is 4.33. The van der Waals surface area contributed by atoms with Gasteiger partial charge in [0.2, 0.25) is 0 Å². The van der Waals surface area contributed by atoms with Crippen LogP contribution < -0.4 is 11.1 Å². The molecule has 7 heteroatoms. The van der Waals surface area contributed by atoms with Crippen molar-refractivity contribution in [2.24, 2.45) is 0 Å². The maximum absolute atomic E-state index is 12.5. The van der Waals surface area contributed by atoms with E-state index in [1.807, 2.05) is 49.9 Å². The number of fused-ring (bicyclic) bond motifs is 1. The summed E-state index contributed by atoms with van der Waals surface area (Å²) in [6, 6.07) is 7.66. The van der Waals surface area contributed by atoms with Gasteiger partial charge in [0, 0.05) is 13.1 Å². The number of hydrogen-bond acceptors (Lipinski definition) is 6. The molecule has 0 radical (unpaired) electrons. The number of carbonyl (C=O) groups excluding carboxylic acids is 1. The summed E-state index contributed by atoms with van der Waals surface area (Å²) in [7, 11) is 0. The molecular formula is C19H27N5O2. The van der Waals surface area contributed by atoms with Crippen molar-refractivity contribution in [1.29, 1.82) is 0 Å². The van der Waals surface area contributed by atoms with E-state index in [4.69, 9.17) is 10.5 Å². The van der Waals surface area contributed by atoms with Gasteiger partial charge in [-0.2, -0.15) is 0 Å². The Morgan fingerprint density at radius 3 is 2.65 bits per heavy atom. The van der Waals surface area contributed by atoms with Crippen molar-refractivity contribution in [1.82, 2.24) is 14.9 Å². The van der Waals surface area contributed by atoms with E-state index in [9.17, 15) is 4.79 Å². The number of nitrogen functional groups attached to an aromatic ring is 1. The average Bonchev–Trinajstić information content (AvgIpc) is 2.58. The van der Waals surface area contributed by atoms with Crippen molar-refractivity contribution in [3.63, 3.8) is 0 Å². The van der Waals surface area contributed by atoms with Crippen LogP contribution in [-0.4, -0.2) is 45.7 Å². The molecule has 26 heavy (non-hydrogen) atoms. The summed E-state index contributed by atoms with van der Waals surface area (Å²) in [6.07, 6.45) is 2.74. The van der Waals surface area contributed by atoms with Gasteiger partial charge in [-0.3, -0.25) is 0 Å². The standard InChI is InChI=1S/C19H27N5O2/c1-19(2,3)26-18(25)24-11-7-6-8-13(24)12-21-17-16(20)22-14-9-4-5-10-15(14)23-17/h4-5,9-10,13H,6-8,11-12H2,1-3H3,(H2,20,22)(H,21,23)/t13-/m1/s1. The molecule has 1 aromatic carbocycles. The van der Waals surface area contributed by atoms with Crippen molar-refractivity contribution in [3.8, 4) is 0 Å². The van der Waals surface area contributed by atoms with Gasteiger partial charge in [0.25, 0.3) is 0 Å². The van der Waals surface area contributed by atoms with Crippen LogP contribution in [0.15, 0.2) is 24.3 Å². The van der Waals surface area contributed by atoms with Crippen LogP contribution in [0.4, 0.5) is 16.4 Å². The van der Waals surface area contributed by atoms with Crippen LogP contribution in [0, 0.1) is 0 Å². The van der Waals surface area contributed by atoms with E-state index in [0.717, 1.165) is 30.3 Å². The zero-order chi connectivity index (χ0) is 18.7. The van der Waals surface area contributed by atoms with Crippen LogP contribution in [0.3, 0.4) is 0 Å². The fourth-order valence-electron chi connectivity index (χ4n) is 3.13. The molecule has 0 aliphatic carbocycles. The van der Waals surface area contributed by atoms with Crippen molar-refractivity contribution < 1.29 is 9.53 Å². The Kier molecular flexibility index (Phi) is 5.15. The molecule has 140 valence electrons. The maximum atomic E-state index is 12.5. The van der Waals surface area contributed by atoms with Gasteiger partial charge in [-0.15, -0.1) is 0 Å². The monoisotopic (exact) mass is 357 g/mol. The number of piperidine rings is 1. The number of nitrogens with zero attached hydrogens (tertiary/aromatic N) is 3. The van der Waals surface area contributed by atoms with Gasteiger partial charge in [0.1, 0.15) is 5.60 Å². The summed E-state index contributed by atoms with van der Waals surface area (Å²) in [6.45, 7) is 6.92. The van der Waals surface area contributed by atoms with E-state index in [-0.39, 0.29) is 12.1 Å². The van der Waals surface area contributed by atoms with Gasteiger partial charge in [0.15, 0.2) is 11.6 Å². The molecule has 0 spiro atoms. The highest BCUT2D eigenvalue weighted by Gasteiger charge is 2.30. The van der Waals surface area contributed by atoms with E-state index in [0.29, 0.717) is 24.7 Å². The van der Waals surface area contributed by atoms with Gasteiger partial charge in [-0.25, -0.2) is 14.8 Å². The largest absolute Gasteiger partial charge is 0.444 e. The normalized spacial score (nSPS) is 18.0. The summed E-state index contributed by atoms with van der Waals surface area (Å²) in [5, 5.41) is 3.27. The molecular weight excluding hydrogens is 330 g/mol. The van der Waals surface area contributed by atoms with Crippen LogP contribution in [0.1, 0.15) is 40.0 Å². The van der Waals surface area contributed by atoms with Crippen LogP contribution in [-0.2, 0) is 4.74 Å². The molecule has 0 unspecified atom stereocenters. The molecule has 0 bridgehead atoms. The Morgan fingerprint density at radius 1 is 1.27 bits per heavy atom. The Morgan fingerprint density at radius 2 is 1.96 bits per heavy atom. The van der Waals surface area contributed by atoms with Crippen molar-refractivity contribution in [3.05, 3.63) is 24.3 Å². The highest BCUT2D eigenvalue weighted by atomic mass is 16.6. The first-order valence-corrected chi connectivity index (χ1v) is 9.09. The number of likely N-dealkylation sites (tertiary alicyclic amines) is 1. The minimum atomic E-state index is -0.499. The van der Waals surface area contributed by atoms with Crippen molar-refractivity contribution in [2.45, 2.75) is 51.7 Å². The molecule has 1 amide bonds. The fourth-order valence-corrected chi connectivity index (χ4v) is 3.13. The Balaban J connectivity index is 1.70. The van der Waals surface area contributed by atoms with E-state index >= 15 is 0 Å². The second kappa shape index (κ2) is 7.35. The lowest BCUT2D eigenvalue weighted by molar-refractivity contribution is 0.0114. The molecule has 1 aliphatic rings. The van der Waals surface area contributed by atoms with E-state index in [1.54, 1.807) is 0 Å². The smallest absolute Gasteiger partial charge is 0.410 e. The molecule has 1 saturated heterocycles. The van der Waals surface area contributed by atoms with Crippen LogP contribution in [0.5, 0.6) is 0 Å². The number of nitrogens with two attached hydrogens (primary N) is 1. The first-order valence-electron chi connectivity index (χ1n) is 9.09. The Labute approximate surface area is 153 Å². The third-order valence-electron chi connectivity index (χ3n) is 4.36. The lowest BCUT2D eigenvalue weighted by Crippen LogP contribution is -2.49. The zero-order valence-corrected chi connectivity index (χ0v) is 15.7. The van der Waals surface area contributed by atoms with Gasteiger partial charge in [0.05, 0.1) is 17.1 Å². The summed E-state index contributed by atoms with van der Waals surface area (Å²) in [4.78, 5) is 23.3. The summed E-state index contributed by atoms with van der Waals surface area (Å²) in [5.74, 6) is 0.918. The lowest BCUT2D eigenvalue weighted by Gasteiger charge is -2.36. The number of carbonyl (C=O) groups is 1. The molecule has 0 saturated carbocycles. The molecule has 2 heterocycles. The second-order valence-electron chi connectivity index (χ2n) is 7.65. The maximum Gasteiger partial charge on any atom is 0.410 e. The van der Waals surface area contributed by atoms with Crippen LogP contribution >= 0.6 is 0 Å². The number of nitrogens with one attached hydrogen (secondary N) is 1. The zero-order valence-electron chi connectivity index (χ0n) is 15.7. The molecule has 3 N–H and O–H groups in total. The van der Waals surface area contributed by atoms with Gasteiger partial charge in [-0.05, 0) is 52.2 Å². The molecule has 1 fully saturated rings. The topological polar surface area (TPSA) is 93.4 Å². The molecule has 2 aromatic rings. The summed E-state index contributed by atoms with van der Waals surface area (Å²) < 4.78 is 5.55. The van der Waals surface area contributed by atoms with Gasteiger partial charge >= 0.3 is 6.09 Å². The molecule has 1 aromatic heterocycles. The SMILES string of the molecule is CC(C)(C)OC(=O)N1CCCC[C@@H]1CNc1nc2ccccc2nc1N. The van der Waals surface area contributed by atoms with Crippen molar-refractivity contribution >= 4 is 28.8 Å². The third-order valence-corrected chi connectivity index (χ3v) is 4.36. The van der Waals surface area contributed by atoms with Crippen molar-refractivity contribution in [2.75, 3.05) is 24.1 Å². The number of ether oxygens (including phenoxy) is 1. The predicted molar refractivity (Wildman–Crippen MR) is 103 cm³/mol. The first kappa shape index (κ1) is 18.2. The molecule has 1 atom stereocenters. The number of amides is 1. The lowest BCUT2D eigenvalue weighted by atomic mass is 10.0. The number of benzene rings is 1. The summed E-state index contributed by atoms with van der Waals surface area (Å²) >= 11 is 0. The van der Waals surface area contributed by atoms with Crippen LogP contribution in [0.25, 0.3) is 11.0 Å². The number of aromatic nitrogens is 2. The number of rotatable bonds is 3. The number of anilines is 2. The van der Waals surface area contributed by atoms with E-state index in [2.05, 4.69) is 15.3 Å². The quantitative estimate of drug-likeness (QED) is 0.874. The van der Waals surface area contributed by atoms with Gasteiger partial charge < -0.3 is 20.7 Å². The molecule has 1 aliphatic heterocycles. The van der Waals surface area contributed by atoms with E-state index in [1.165, 1.54) is 0 Å². The number of para-hydroxylation sites is 2. The molecule has 3 rings (SSSR count). The minimum absolute atomic E-state index is 0.0475. The minimum Gasteiger partial charge on any atom is -0.444 e. The predicted octanol–water partition coefficient (Wildman–Crippen LogP) is 3.41. The average molecular weight is 357 g/mol. The second-order valence-corrected chi connectivity index (χ2v) is 7.65. The highest BCUT2D eigenvalue weighted by Crippen LogP contribution is 2.23. The summed E-state index contributed by atoms with van der Waals surface area (Å²) in [5.41, 5.74) is 7.10. The first-order chi connectivity index (χ1) is 12.3.